The number of hydrogen-bond donors (Lipinski definition) is 1. The van der Waals surface area contributed by atoms with E-state index in [-0.39, 0.29) is 12.2 Å². The Labute approximate surface area is 113 Å². The smallest absolute Gasteiger partial charge is 0.313 e. The van der Waals surface area contributed by atoms with E-state index >= 15 is 0 Å². The number of esters is 1. The summed E-state index contributed by atoms with van der Waals surface area (Å²) in [6.07, 6.45) is 0.160. The maximum atomic E-state index is 11.8. The first-order valence-electron chi connectivity index (χ1n) is 6.32. The first-order valence-corrected chi connectivity index (χ1v) is 6.32. The number of ether oxygens (including phenoxy) is 1. The van der Waals surface area contributed by atoms with Crippen LogP contribution in [0.5, 0.6) is 0 Å². The van der Waals surface area contributed by atoms with Gasteiger partial charge in [0.25, 0.3) is 0 Å². The predicted octanol–water partition coefficient (Wildman–Crippen LogP) is 1.86. The maximum Gasteiger partial charge on any atom is 0.313 e. The molecule has 1 rings (SSSR count). The minimum atomic E-state index is -0.671. The fraction of sp³-hybridized carbons (Fsp3) is 0.467. The zero-order valence-corrected chi connectivity index (χ0v) is 11.7. The number of benzene rings is 1. The first-order chi connectivity index (χ1) is 8.78. The lowest BCUT2D eigenvalue weighted by atomic mass is 10.0. The Morgan fingerprint density at radius 2 is 1.79 bits per heavy atom. The van der Waals surface area contributed by atoms with Crippen LogP contribution in [-0.2, 0) is 20.7 Å². The first kappa shape index (κ1) is 15.4. The highest BCUT2D eigenvalue weighted by Crippen LogP contribution is 2.10. The minimum absolute atomic E-state index is 0.273. The molecule has 2 N–H and O–H groups in total. The molecule has 0 aliphatic heterocycles. The Balaban J connectivity index is 2.47. The van der Waals surface area contributed by atoms with Crippen LogP contribution >= 0.6 is 0 Å². The van der Waals surface area contributed by atoms with E-state index in [1.165, 1.54) is 0 Å². The van der Waals surface area contributed by atoms with Crippen LogP contribution in [-0.4, -0.2) is 23.4 Å². The van der Waals surface area contributed by atoms with Crippen LogP contribution in [0.4, 0.5) is 0 Å². The van der Waals surface area contributed by atoms with Gasteiger partial charge in [0.2, 0.25) is 0 Å². The van der Waals surface area contributed by atoms with Crippen LogP contribution in [0.3, 0.4) is 0 Å². The van der Waals surface area contributed by atoms with Crippen molar-refractivity contribution < 1.29 is 14.3 Å². The fourth-order valence-electron chi connectivity index (χ4n) is 1.63. The van der Waals surface area contributed by atoms with E-state index in [2.05, 4.69) is 0 Å². The molecule has 0 heterocycles. The third-order valence-corrected chi connectivity index (χ3v) is 2.45. The minimum Gasteiger partial charge on any atom is -0.460 e. The summed E-state index contributed by atoms with van der Waals surface area (Å²) in [5.74, 6) is -0.820. The molecule has 0 aromatic heterocycles. The van der Waals surface area contributed by atoms with Gasteiger partial charge in [-0.2, -0.15) is 0 Å². The molecule has 0 saturated carbocycles. The second-order valence-corrected chi connectivity index (χ2v) is 5.53. The third-order valence-electron chi connectivity index (χ3n) is 2.45. The van der Waals surface area contributed by atoms with Gasteiger partial charge in [-0.25, -0.2) is 0 Å². The Morgan fingerprint density at radius 3 is 2.32 bits per heavy atom. The van der Waals surface area contributed by atoms with Gasteiger partial charge in [-0.05, 0) is 32.8 Å². The lowest BCUT2D eigenvalue weighted by Gasteiger charge is -2.19. The van der Waals surface area contributed by atoms with Gasteiger partial charge >= 0.3 is 5.97 Å². The van der Waals surface area contributed by atoms with Gasteiger partial charge in [0, 0.05) is 0 Å². The van der Waals surface area contributed by atoms with E-state index in [1.54, 1.807) is 20.8 Å². The van der Waals surface area contributed by atoms with Crippen molar-refractivity contribution in [2.75, 3.05) is 0 Å². The Hall–Kier alpha value is -1.68. The summed E-state index contributed by atoms with van der Waals surface area (Å²) < 4.78 is 5.09. The van der Waals surface area contributed by atoms with Crippen LogP contribution in [0.1, 0.15) is 32.8 Å². The quantitative estimate of drug-likeness (QED) is 0.650. The molecular weight excluding hydrogens is 242 g/mol. The molecule has 0 amide bonds. The molecule has 0 radical (unpaired) electrons. The Morgan fingerprint density at radius 1 is 1.21 bits per heavy atom. The summed E-state index contributed by atoms with van der Waals surface area (Å²) in [4.78, 5) is 23.3. The van der Waals surface area contributed by atoms with E-state index in [0.717, 1.165) is 5.56 Å². The molecule has 1 unspecified atom stereocenters. The van der Waals surface area contributed by atoms with E-state index < -0.39 is 17.6 Å². The largest absolute Gasteiger partial charge is 0.460 e. The second kappa shape index (κ2) is 6.48. The van der Waals surface area contributed by atoms with Gasteiger partial charge in [0.15, 0.2) is 5.78 Å². The SMILES string of the molecule is CC(C)(C)OC(=O)CC(=O)C(N)Cc1ccccc1. The van der Waals surface area contributed by atoms with Crippen molar-refractivity contribution in [1.82, 2.24) is 0 Å². The lowest BCUT2D eigenvalue weighted by Crippen LogP contribution is -2.35. The zero-order valence-electron chi connectivity index (χ0n) is 11.7. The molecule has 0 spiro atoms. The molecule has 1 aromatic rings. The van der Waals surface area contributed by atoms with E-state index in [1.807, 2.05) is 30.3 Å². The van der Waals surface area contributed by atoms with Crippen LogP contribution in [0, 0.1) is 0 Å². The molecule has 0 fully saturated rings. The normalized spacial score (nSPS) is 12.8. The van der Waals surface area contributed by atoms with Gasteiger partial charge in [-0.1, -0.05) is 30.3 Å². The summed E-state index contributed by atoms with van der Waals surface area (Å²) in [5.41, 5.74) is 6.20. The highest BCUT2D eigenvalue weighted by molar-refractivity contribution is 5.98. The molecule has 0 aliphatic rings. The third kappa shape index (κ3) is 6.15. The van der Waals surface area contributed by atoms with Crippen molar-refractivity contribution in [3.05, 3.63) is 35.9 Å². The van der Waals surface area contributed by atoms with Crippen molar-refractivity contribution in [2.24, 2.45) is 5.73 Å². The second-order valence-electron chi connectivity index (χ2n) is 5.53. The molecule has 19 heavy (non-hydrogen) atoms. The summed E-state index contributed by atoms with van der Waals surface area (Å²) in [7, 11) is 0. The van der Waals surface area contributed by atoms with Gasteiger partial charge in [0.05, 0.1) is 6.04 Å². The van der Waals surface area contributed by atoms with Gasteiger partial charge in [-0.3, -0.25) is 9.59 Å². The molecule has 1 aromatic carbocycles. The van der Waals surface area contributed by atoms with Crippen molar-refractivity contribution in [1.29, 1.82) is 0 Å². The van der Waals surface area contributed by atoms with Crippen LogP contribution in [0.2, 0.25) is 0 Å². The molecular formula is C15H21NO3. The highest BCUT2D eigenvalue weighted by atomic mass is 16.6. The average molecular weight is 263 g/mol. The van der Waals surface area contributed by atoms with Crippen molar-refractivity contribution in [3.63, 3.8) is 0 Å². The van der Waals surface area contributed by atoms with E-state index in [4.69, 9.17) is 10.5 Å². The molecule has 4 nitrogen and oxygen atoms in total. The van der Waals surface area contributed by atoms with Gasteiger partial charge < -0.3 is 10.5 Å². The Bertz CT molecular complexity index is 434. The molecule has 0 bridgehead atoms. The van der Waals surface area contributed by atoms with E-state index in [9.17, 15) is 9.59 Å². The molecule has 104 valence electrons. The number of hydrogen-bond acceptors (Lipinski definition) is 4. The van der Waals surface area contributed by atoms with E-state index in [0.29, 0.717) is 6.42 Å². The van der Waals surface area contributed by atoms with Crippen LogP contribution in [0.25, 0.3) is 0 Å². The summed E-state index contributed by atoms with van der Waals surface area (Å²) >= 11 is 0. The zero-order chi connectivity index (χ0) is 14.5. The number of rotatable bonds is 5. The summed E-state index contributed by atoms with van der Waals surface area (Å²) in [6, 6.07) is 8.81. The maximum absolute atomic E-state index is 11.8. The lowest BCUT2D eigenvalue weighted by molar-refractivity contribution is -0.156. The van der Waals surface area contributed by atoms with Crippen molar-refractivity contribution >= 4 is 11.8 Å². The van der Waals surface area contributed by atoms with Crippen molar-refractivity contribution in [3.8, 4) is 0 Å². The Kier molecular flexibility index (Phi) is 5.24. The molecule has 0 aliphatic carbocycles. The summed E-state index contributed by atoms with van der Waals surface area (Å²) in [5, 5.41) is 0. The molecule has 0 saturated heterocycles. The number of carbonyl (C=O) groups is 2. The summed E-state index contributed by atoms with van der Waals surface area (Å²) in [6.45, 7) is 5.29. The van der Waals surface area contributed by atoms with Crippen LogP contribution < -0.4 is 5.73 Å². The molecule has 4 heteroatoms. The number of nitrogens with two attached hydrogens (primary N) is 1. The fourth-order valence-corrected chi connectivity index (χ4v) is 1.63. The van der Waals surface area contributed by atoms with Gasteiger partial charge in [0.1, 0.15) is 12.0 Å². The highest BCUT2D eigenvalue weighted by Gasteiger charge is 2.22. The predicted molar refractivity (Wildman–Crippen MR) is 73.6 cm³/mol. The number of carbonyl (C=O) groups excluding carboxylic acids is 2. The number of Topliss-reactive ketones (excluding diaryl/α,β-unsaturated/α-hetero) is 1. The van der Waals surface area contributed by atoms with Crippen molar-refractivity contribution in [2.45, 2.75) is 45.3 Å². The monoisotopic (exact) mass is 263 g/mol. The number of ketones is 1. The topological polar surface area (TPSA) is 69.4 Å². The average Bonchev–Trinajstić information content (AvgIpc) is 2.27. The standard InChI is InChI=1S/C15H21NO3/c1-15(2,3)19-14(18)10-13(17)12(16)9-11-7-5-4-6-8-11/h4-8,12H,9-10,16H2,1-3H3. The van der Waals surface area contributed by atoms with Gasteiger partial charge in [-0.15, -0.1) is 0 Å². The molecule has 1 atom stereocenters. The van der Waals surface area contributed by atoms with Crippen LogP contribution in [0.15, 0.2) is 30.3 Å².